The molecule has 9 nitrogen and oxygen atoms in total. The van der Waals surface area contributed by atoms with Crippen molar-refractivity contribution in [2.24, 2.45) is 5.73 Å². The number of carboxylic acids is 2. The van der Waals surface area contributed by atoms with Crippen LogP contribution in [0.2, 0.25) is 0 Å². The Morgan fingerprint density at radius 1 is 1.56 bits per heavy atom. The first-order valence-corrected chi connectivity index (χ1v) is 4.77. The molecule has 98 valence electrons. The van der Waals surface area contributed by atoms with Crippen LogP contribution in [-0.2, 0) is 9.59 Å². The predicted octanol–water partition coefficient (Wildman–Crippen LogP) is -0.873. The summed E-state index contributed by atoms with van der Waals surface area (Å²) in [4.78, 5) is 19.9. The van der Waals surface area contributed by atoms with E-state index in [0.29, 0.717) is 11.4 Å². The Balaban J connectivity index is 0.000000327. The van der Waals surface area contributed by atoms with Crippen LogP contribution in [0.4, 0.5) is 5.82 Å². The third kappa shape index (κ3) is 6.09. The third-order valence-electron chi connectivity index (χ3n) is 1.78. The lowest BCUT2D eigenvalue weighted by Gasteiger charge is -2.01. The third-order valence-corrected chi connectivity index (χ3v) is 1.78. The number of H-pyrrole nitrogens is 1. The van der Waals surface area contributed by atoms with Gasteiger partial charge in [-0.3, -0.25) is 14.7 Å². The van der Waals surface area contributed by atoms with E-state index < -0.39 is 18.0 Å². The molecule has 1 aromatic heterocycles. The first-order chi connectivity index (χ1) is 8.38. The normalized spacial score (nSPS) is 10.7. The van der Waals surface area contributed by atoms with Crippen LogP contribution in [0.5, 0.6) is 0 Å². The minimum Gasteiger partial charge on any atom is -0.481 e. The molecule has 0 bridgehead atoms. The summed E-state index contributed by atoms with van der Waals surface area (Å²) in [7, 11) is 0. The number of nitrogens with zero attached hydrogens (tertiary/aromatic N) is 2. The molecule has 7 N–H and O–H groups in total. The summed E-state index contributed by atoms with van der Waals surface area (Å²) < 4.78 is 0. The number of rotatable bonds is 4. The maximum atomic E-state index is 9.99. The lowest BCUT2D eigenvalue weighted by Crippen LogP contribution is -2.30. The highest BCUT2D eigenvalue weighted by Gasteiger charge is 2.12. The molecule has 0 saturated heterocycles. The van der Waals surface area contributed by atoms with Crippen molar-refractivity contribution in [1.29, 1.82) is 5.26 Å². The van der Waals surface area contributed by atoms with Gasteiger partial charge < -0.3 is 21.7 Å². The predicted molar refractivity (Wildman–Crippen MR) is 60.2 cm³/mol. The van der Waals surface area contributed by atoms with Crippen molar-refractivity contribution in [3.8, 4) is 6.07 Å². The lowest BCUT2D eigenvalue weighted by atomic mass is 10.2. The average Bonchev–Trinajstić information content (AvgIpc) is 2.72. The lowest BCUT2D eigenvalue weighted by molar-refractivity contribution is -0.139. The van der Waals surface area contributed by atoms with Gasteiger partial charge in [0.1, 0.15) is 23.5 Å². The van der Waals surface area contributed by atoms with Gasteiger partial charge in [0.05, 0.1) is 6.20 Å². The zero-order valence-corrected chi connectivity index (χ0v) is 9.33. The molecule has 0 aliphatic rings. The average molecular weight is 255 g/mol. The van der Waals surface area contributed by atoms with Gasteiger partial charge in [-0.1, -0.05) is 0 Å². The van der Waals surface area contributed by atoms with E-state index in [4.69, 9.17) is 26.9 Å². The van der Waals surface area contributed by atoms with Gasteiger partial charge >= 0.3 is 11.9 Å². The number of nitrogen functional groups attached to an aromatic ring is 1. The number of hydrogen-bond acceptors (Lipinski definition) is 6. The Labute approximate surface area is 102 Å². The largest absolute Gasteiger partial charge is 0.481 e. The van der Waals surface area contributed by atoms with Crippen LogP contribution in [-0.4, -0.2) is 38.4 Å². The van der Waals surface area contributed by atoms with Gasteiger partial charge in [-0.05, 0) is 6.42 Å². The minimum atomic E-state index is -1.17. The van der Waals surface area contributed by atoms with Crippen LogP contribution >= 0.6 is 0 Å². The van der Waals surface area contributed by atoms with Crippen molar-refractivity contribution in [2.75, 3.05) is 5.73 Å². The summed E-state index contributed by atoms with van der Waals surface area (Å²) in [5.41, 5.74) is 10.6. The topological polar surface area (TPSA) is 179 Å². The number of nitrogens with one attached hydrogen (secondary N) is 1. The monoisotopic (exact) mass is 255 g/mol. The van der Waals surface area contributed by atoms with E-state index in [1.807, 2.05) is 6.07 Å². The molecule has 1 aromatic rings. The Hall–Kier alpha value is -2.60. The summed E-state index contributed by atoms with van der Waals surface area (Å²) in [6.07, 6.45) is 1.16. The SMILES string of the molecule is N#Cc1cn[nH]c1N.NC(CCC(=O)O)C(=O)O. The fraction of sp³-hybridized carbons (Fsp3) is 0.333. The van der Waals surface area contributed by atoms with Gasteiger partial charge in [0, 0.05) is 6.42 Å². The van der Waals surface area contributed by atoms with Gasteiger partial charge in [-0.25, -0.2) is 0 Å². The second-order valence-electron chi connectivity index (χ2n) is 3.19. The Kier molecular flexibility index (Phi) is 6.53. The van der Waals surface area contributed by atoms with Gasteiger partial charge in [0.25, 0.3) is 0 Å². The van der Waals surface area contributed by atoms with Crippen LogP contribution in [0.15, 0.2) is 6.20 Å². The quantitative estimate of drug-likeness (QED) is 0.460. The first kappa shape index (κ1) is 15.4. The van der Waals surface area contributed by atoms with Crippen molar-refractivity contribution in [3.05, 3.63) is 11.8 Å². The highest BCUT2D eigenvalue weighted by atomic mass is 16.4. The molecule has 1 atom stereocenters. The Morgan fingerprint density at radius 2 is 2.17 bits per heavy atom. The van der Waals surface area contributed by atoms with Crippen molar-refractivity contribution in [1.82, 2.24) is 10.2 Å². The maximum Gasteiger partial charge on any atom is 0.320 e. The van der Waals surface area contributed by atoms with Gasteiger partial charge in [-0.2, -0.15) is 10.4 Å². The molecular formula is C9H13N5O4. The molecule has 0 aliphatic carbocycles. The molecule has 0 saturated carbocycles. The van der Waals surface area contributed by atoms with Gasteiger partial charge in [-0.15, -0.1) is 0 Å². The highest BCUT2D eigenvalue weighted by Crippen LogP contribution is 2.01. The van der Waals surface area contributed by atoms with Crippen LogP contribution in [0.1, 0.15) is 18.4 Å². The number of nitriles is 1. The van der Waals surface area contributed by atoms with Crippen LogP contribution < -0.4 is 11.5 Å². The molecule has 1 heterocycles. The van der Waals surface area contributed by atoms with Crippen LogP contribution in [0.25, 0.3) is 0 Å². The summed E-state index contributed by atoms with van der Waals surface area (Å²) in [5.74, 6) is -1.87. The van der Waals surface area contributed by atoms with Gasteiger partial charge in [0.15, 0.2) is 0 Å². The number of anilines is 1. The fourth-order valence-electron chi connectivity index (χ4n) is 0.788. The highest BCUT2D eigenvalue weighted by molar-refractivity contribution is 5.74. The molecule has 0 spiro atoms. The summed E-state index contributed by atoms with van der Waals surface area (Å²) >= 11 is 0. The minimum absolute atomic E-state index is 0.0231. The van der Waals surface area contributed by atoms with E-state index in [1.165, 1.54) is 6.20 Å². The molecule has 18 heavy (non-hydrogen) atoms. The zero-order valence-electron chi connectivity index (χ0n) is 9.33. The molecule has 0 aliphatic heterocycles. The van der Waals surface area contributed by atoms with Crippen molar-refractivity contribution < 1.29 is 19.8 Å². The molecule has 0 fully saturated rings. The van der Waals surface area contributed by atoms with E-state index in [1.54, 1.807) is 0 Å². The number of hydrogen-bond donors (Lipinski definition) is 5. The number of aromatic amines is 1. The zero-order chi connectivity index (χ0) is 14.1. The van der Waals surface area contributed by atoms with Gasteiger partial charge in [0.2, 0.25) is 0 Å². The Morgan fingerprint density at radius 3 is 2.44 bits per heavy atom. The smallest absolute Gasteiger partial charge is 0.320 e. The molecule has 1 unspecified atom stereocenters. The Bertz CT molecular complexity index is 450. The molecule has 9 heteroatoms. The summed E-state index contributed by atoms with van der Waals surface area (Å²) in [5, 5.41) is 30.4. The second kappa shape index (κ2) is 7.64. The maximum absolute atomic E-state index is 9.99. The van der Waals surface area contributed by atoms with Crippen molar-refractivity contribution >= 4 is 17.8 Å². The molecule has 0 amide bonds. The summed E-state index contributed by atoms with van der Waals surface area (Å²) in [6, 6.07) is 0.797. The standard InChI is InChI=1S/C5H9NO4.C4H4N4/c6-3(5(9)10)1-2-4(7)8;5-1-3-2-7-8-4(3)6/h3H,1-2,6H2,(H,7,8)(H,9,10);2H,(H3,6,7,8). The first-order valence-electron chi connectivity index (χ1n) is 4.77. The number of aliphatic carboxylic acids is 2. The molecular weight excluding hydrogens is 242 g/mol. The van der Waals surface area contributed by atoms with Crippen molar-refractivity contribution in [2.45, 2.75) is 18.9 Å². The van der Waals surface area contributed by atoms with E-state index in [-0.39, 0.29) is 12.8 Å². The number of carbonyl (C=O) groups is 2. The van der Waals surface area contributed by atoms with Crippen molar-refractivity contribution in [3.63, 3.8) is 0 Å². The molecule has 1 rings (SSSR count). The van der Waals surface area contributed by atoms with Crippen LogP contribution in [0, 0.1) is 11.3 Å². The van der Waals surface area contributed by atoms with E-state index in [0.717, 1.165) is 0 Å². The van der Waals surface area contributed by atoms with Crippen LogP contribution in [0.3, 0.4) is 0 Å². The van der Waals surface area contributed by atoms with E-state index in [2.05, 4.69) is 10.2 Å². The fourth-order valence-corrected chi connectivity index (χ4v) is 0.788. The second-order valence-corrected chi connectivity index (χ2v) is 3.19. The van der Waals surface area contributed by atoms with E-state index >= 15 is 0 Å². The molecule has 0 radical (unpaired) electrons. The van der Waals surface area contributed by atoms with E-state index in [9.17, 15) is 9.59 Å². The number of carboxylic acid groups (broad SMARTS) is 2. The molecule has 0 aromatic carbocycles. The number of nitrogens with two attached hydrogens (primary N) is 2. The number of aromatic nitrogens is 2. The summed E-state index contributed by atoms with van der Waals surface area (Å²) in [6.45, 7) is 0.